The van der Waals surface area contributed by atoms with Crippen molar-refractivity contribution in [1.29, 1.82) is 0 Å². The molecule has 0 spiro atoms. The van der Waals surface area contributed by atoms with E-state index in [1.54, 1.807) is 6.92 Å². The smallest absolute Gasteiger partial charge is 0.323 e. The summed E-state index contributed by atoms with van der Waals surface area (Å²) in [6.07, 6.45) is 3.37. The zero-order valence-electron chi connectivity index (χ0n) is 12.5. The van der Waals surface area contributed by atoms with Crippen molar-refractivity contribution in [2.75, 3.05) is 13.2 Å². The number of likely N-dealkylation sites (N-methyl/N-ethyl adjacent to an activating group) is 1. The third-order valence-corrected chi connectivity index (χ3v) is 3.45. The van der Waals surface area contributed by atoms with Crippen LogP contribution in [0.5, 0.6) is 0 Å². The highest BCUT2D eigenvalue weighted by Crippen LogP contribution is 2.17. The Hall–Kier alpha value is -0.610. The Balaban J connectivity index is 3.92. The number of hydrogen-bond acceptors (Lipinski definition) is 3. The molecule has 0 aliphatic carbocycles. The first-order valence-corrected chi connectivity index (χ1v) is 6.90. The van der Waals surface area contributed by atoms with Crippen LogP contribution in [0.1, 0.15) is 60.3 Å². The fourth-order valence-corrected chi connectivity index (χ4v) is 1.69. The van der Waals surface area contributed by atoms with Gasteiger partial charge in [0.25, 0.3) is 0 Å². The van der Waals surface area contributed by atoms with Gasteiger partial charge in [-0.25, -0.2) is 0 Å². The van der Waals surface area contributed by atoms with Crippen molar-refractivity contribution in [2.24, 2.45) is 0 Å². The summed E-state index contributed by atoms with van der Waals surface area (Å²) in [6.45, 7) is 11.3. The van der Waals surface area contributed by atoms with E-state index in [4.69, 9.17) is 4.74 Å². The van der Waals surface area contributed by atoms with Gasteiger partial charge in [-0.2, -0.15) is 0 Å². The van der Waals surface area contributed by atoms with Crippen LogP contribution >= 0.6 is 0 Å². The Morgan fingerprint density at radius 1 is 1.22 bits per heavy atom. The average molecular weight is 259 g/mol. The van der Waals surface area contributed by atoms with Crippen LogP contribution in [0.15, 0.2) is 0 Å². The lowest BCUT2D eigenvalue weighted by molar-refractivity contribution is -0.144. The van der Waals surface area contributed by atoms with Crippen LogP contribution in [-0.2, 0) is 9.53 Å². The molecule has 0 saturated carbocycles. The summed E-state index contributed by atoms with van der Waals surface area (Å²) < 4.78 is 5.75. The Morgan fingerprint density at radius 3 is 2.28 bits per heavy atom. The molecular formula is C14H29NO3. The van der Waals surface area contributed by atoms with Crippen molar-refractivity contribution < 1.29 is 14.6 Å². The first-order valence-electron chi connectivity index (χ1n) is 6.90. The molecule has 4 heteroatoms. The summed E-state index contributed by atoms with van der Waals surface area (Å²) in [7, 11) is 0. The van der Waals surface area contributed by atoms with Gasteiger partial charge in [0, 0.05) is 6.61 Å². The molecule has 1 unspecified atom stereocenters. The molecule has 0 saturated heterocycles. The third kappa shape index (κ3) is 6.36. The van der Waals surface area contributed by atoms with Crippen molar-refractivity contribution in [3.8, 4) is 0 Å². The minimum Gasteiger partial charge on any atom is -0.480 e. The molecule has 0 aromatic carbocycles. The number of nitrogens with one attached hydrogen (secondary N) is 1. The first kappa shape index (κ1) is 17.4. The van der Waals surface area contributed by atoms with Crippen molar-refractivity contribution in [1.82, 2.24) is 5.32 Å². The van der Waals surface area contributed by atoms with Crippen LogP contribution in [0.4, 0.5) is 0 Å². The summed E-state index contributed by atoms with van der Waals surface area (Å²) >= 11 is 0. The average Bonchev–Trinajstić information content (AvgIpc) is 2.28. The molecular weight excluding hydrogens is 230 g/mol. The van der Waals surface area contributed by atoms with Crippen molar-refractivity contribution in [3.05, 3.63) is 0 Å². The van der Waals surface area contributed by atoms with Crippen LogP contribution in [0.25, 0.3) is 0 Å². The molecule has 0 heterocycles. The number of carboxylic acids is 1. The summed E-state index contributed by atoms with van der Waals surface area (Å²) in [4.78, 5) is 11.2. The zero-order valence-corrected chi connectivity index (χ0v) is 12.5. The molecule has 0 aliphatic rings. The van der Waals surface area contributed by atoms with Gasteiger partial charge in [-0.3, -0.25) is 4.79 Å². The third-order valence-electron chi connectivity index (χ3n) is 3.45. The number of rotatable bonds is 10. The van der Waals surface area contributed by atoms with E-state index in [-0.39, 0.29) is 5.60 Å². The lowest BCUT2D eigenvalue weighted by atomic mass is 9.95. The molecule has 0 aromatic heterocycles. The van der Waals surface area contributed by atoms with E-state index in [1.807, 2.05) is 6.92 Å². The minimum atomic E-state index is -0.810. The Kier molecular flexibility index (Phi) is 7.48. The molecule has 108 valence electrons. The number of carboxylic acid groups (broad SMARTS) is 1. The second-order valence-corrected chi connectivity index (χ2v) is 5.59. The summed E-state index contributed by atoms with van der Waals surface area (Å²) in [5.74, 6) is -0.779. The SMILES string of the molecule is CCNC(C)(CCCCOC(C)(C)CC)C(=O)O. The van der Waals surface area contributed by atoms with Gasteiger partial charge < -0.3 is 15.2 Å². The maximum atomic E-state index is 11.2. The number of ether oxygens (including phenoxy) is 1. The highest BCUT2D eigenvalue weighted by atomic mass is 16.5. The van der Waals surface area contributed by atoms with E-state index in [0.717, 1.165) is 19.3 Å². The van der Waals surface area contributed by atoms with Crippen LogP contribution in [-0.4, -0.2) is 35.4 Å². The molecule has 4 nitrogen and oxygen atoms in total. The number of carbonyl (C=O) groups is 1. The summed E-state index contributed by atoms with van der Waals surface area (Å²) in [5, 5.41) is 12.2. The maximum Gasteiger partial charge on any atom is 0.323 e. The second-order valence-electron chi connectivity index (χ2n) is 5.59. The molecule has 0 radical (unpaired) electrons. The summed E-state index contributed by atoms with van der Waals surface area (Å²) in [6, 6.07) is 0. The van der Waals surface area contributed by atoms with Gasteiger partial charge in [-0.05, 0) is 53.0 Å². The van der Waals surface area contributed by atoms with Crippen LogP contribution in [0.2, 0.25) is 0 Å². The van der Waals surface area contributed by atoms with Gasteiger partial charge in [0.2, 0.25) is 0 Å². The molecule has 18 heavy (non-hydrogen) atoms. The van der Waals surface area contributed by atoms with Crippen LogP contribution < -0.4 is 5.32 Å². The topological polar surface area (TPSA) is 58.6 Å². The molecule has 0 fully saturated rings. The normalized spacial score (nSPS) is 15.4. The van der Waals surface area contributed by atoms with E-state index < -0.39 is 11.5 Å². The van der Waals surface area contributed by atoms with Gasteiger partial charge >= 0.3 is 5.97 Å². The zero-order chi connectivity index (χ0) is 14.2. The first-order chi connectivity index (χ1) is 8.27. The molecule has 0 amide bonds. The van der Waals surface area contributed by atoms with E-state index in [9.17, 15) is 9.90 Å². The Bertz CT molecular complexity index is 253. The van der Waals surface area contributed by atoms with Crippen molar-refractivity contribution >= 4 is 5.97 Å². The predicted octanol–water partition coefficient (Wildman–Crippen LogP) is 2.81. The van der Waals surface area contributed by atoms with Gasteiger partial charge in [-0.1, -0.05) is 13.8 Å². The van der Waals surface area contributed by atoms with Gasteiger partial charge in [-0.15, -0.1) is 0 Å². The number of aliphatic carboxylic acids is 1. The minimum absolute atomic E-state index is 0.0717. The van der Waals surface area contributed by atoms with Crippen LogP contribution in [0, 0.1) is 0 Å². The van der Waals surface area contributed by atoms with E-state index in [1.165, 1.54) is 0 Å². The molecule has 1 atom stereocenters. The Labute approximate surface area is 111 Å². The second kappa shape index (κ2) is 7.74. The molecule has 0 bridgehead atoms. The Morgan fingerprint density at radius 2 is 1.83 bits per heavy atom. The van der Waals surface area contributed by atoms with Gasteiger partial charge in [0.15, 0.2) is 0 Å². The van der Waals surface area contributed by atoms with E-state index >= 15 is 0 Å². The van der Waals surface area contributed by atoms with Gasteiger partial charge in [0.05, 0.1) is 5.60 Å². The van der Waals surface area contributed by atoms with E-state index in [0.29, 0.717) is 19.6 Å². The fourth-order valence-electron chi connectivity index (χ4n) is 1.69. The van der Waals surface area contributed by atoms with Crippen molar-refractivity contribution in [2.45, 2.75) is 71.4 Å². The molecule has 2 N–H and O–H groups in total. The maximum absolute atomic E-state index is 11.2. The molecule has 0 aromatic rings. The molecule has 0 aliphatic heterocycles. The highest BCUT2D eigenvalue weighted by molar-refractivity contribution is 5.78. The fraction of sp³-hybridized carbons (Fsp3) is 0.929. The highest BCUT2D eigenvalue weighted by Gasteiger charge is 2.31. The number of unbranched alkanes of at least 4 members (excludes halogenated alkanes) is 1. The van der Waals surface area contributed by atoms with E-state index in [2.05, 4.69) is 26.1 Å². The lowest BCUT2D eigenvalue weighted by Gasteiger charge is -2.26. The monoisotopic (exact) mass is 259 g/mol. The lowest BCUT2D eigenvalue weighted by Crippen LogP contribution is -2.49. The predicted molar refractivity (Wildman–Crippen MR) is 73.9 cm³/mol. The van der Waals surface area contributed by atoms with Crippen LogP contribution in [0.3, 0.4) is 0 Å². The molecule has 0 rings (SSSR count). The standard InChI is InChI=1S/C14H29NO3/c1-6-13(3,4)18-11-9-8-10-14(5,12(16)17)15-7-2/h15H,6-11H2,1-5H3,(H,16,17). The summed E-state index contributed by atoms with van der Waals surface area (Å²) in [5.41, 5.74) is -0.882. The van der Waals surface area contributed by atoms with Crippen molar-refractivity contribution in [3.63, 3.8) is 0 Å². The largest absolute Gasteiger partial charge is 0.480 e. The van der Waals surface area contributed by atoms with Gasteiger partial charge in [0.1, 0.15) is 5.54 Å². The number of hydrogen-bond donors (Lipinski definition) is 2. The quantitative estimate of drug-likeness (QED) is 0.592.